The summed E-state index contributed by atoms with van der Waals surface area (Å²) in [5, 5.41) is 10.6. The van der Waals surface area contributed by atoms with E-state index in [0.717, 1.165) is 16.7 Å². The Bertz CT molecular complexity index is 1150. The van der Waals surface area contributed by atoms with Crippen LogP contribution in [0, 0.1) is 5.82 Å². The minimum atomic E-state index is -1.16. The van der Waals surface area contributed by atoms with Gasteiger partial charge in [0, 0.05) is 5.56 Å². The Morgan fingerprint density at radius 3 is 2.46 bits per heavy atom. The summed E-state index contributed by atoms with van der Waals surface area (Å²) in [6.07, 6.45) is -1.16. The Hall–Kier alpha value is -3.68. The van der Waals surface area contributed by atoms with Crippen LogP contribution in [-0.4, -0.2) is 20.6 Å². The maximum Gasteiger partial charge on any atom is 0.339 e. The molecule has 1 aliphatic rings. The molecule has 4 rings (SSSR count). The highest BCUT2D eigenvalue weighted by atomic mass is 19.1. The predicted octanol–water partition coefficient (Wildman–Crippen LogP) is 1.63. The van der Waals surface area contributed by atoms with E-state index < -0.39 is 35.0 Å². The Labute approximate surface area is 144 Å². The Morgan fingerprint density at radius 2 is 1.73 bits per heavy atom. The van der Waals surface area contributed by atoms with Gasteiger partial charge in [0.15, 0.2) is 6.10 Å². The summed E-state index contributed by atoms with van der Waals surface area (Å²) in [6, 6.07) is 11.2. The van der Waals surface area contributed by atoms with Gasteiger partial charge in [-0.15, -0.1) is 0 Å². The number of aromatic hydroxyl groups is 1. The number of carbonyl (C=O) groups excluding carboxylic acids is 1. The second-order valence-corrected chi connectivity index (χ2v) is 5.68. The largest absolute Gasteiger partial charge is 0.494 e. The van der Waals surface area contributed by atoms with Crippen molar-refractivity contribution in [3.63, 3.8) is 0 Å². The van der Waals surface area contributed by atoms with E-state index in [4.69, 9.17) is 4.74 Å². The fourth-order valence-corrected chi connectivity index (χ4v) is 2.96. The number of aromatic nitrogens is 2. The quantitative estimate of drug-likeness (QED) is 0.681. The molecule has 0 amide bonds. The van der Waals surface area contributed by atoms with Crippen LogP contribution < -0.4 is 11.2 Å². The maximum absolute atomic E-state index is 13.1. The zero-order chi connectivity index (χ0) is 18.4. The SMILES string of the molecule is O=C1O[C@H](c2c(O)n(-c3ccc(F)cc3)c(=O)[nH]c2=O)c2ccccc21. The third kappa shape index (κ3) is 2.31. The molecule has 26 heavy (non-hydrogen) atoms. The van der Waals surface area contributed by atoms with Gasteiger partial charge in [-0.3, -0.25) is 9.78 Å². The van der Waals surface area contributed by atoms with Gasteiger partial charge in [-0.1, -0.05) is 18.2 Å². The van der Waals surface area contributed by atoms with Crippen molar-refractivity contribution in [1.82, 2.24) is 9.55 Å². The first-order chi connectivity index (χ1) is 12.5. The fraction of sp³-hybridized carbons (Fsp3) is 0.0556. The first-order valence-corrected chi connectivity index (χ1v) is 7.61. The molecule has 0 radical (unpaired) electrons. The van der Waals surface area contributed by atoms with Crippen LogP contribution in [0.15, 0.2) is 58.1 Å². The number of nitrogens with one attached hydrogen (secondary N) is 1. The molecule has 2 heterocycles. The summed E-state index contributed by atoms with van der Waals surface area (Å²) < 4.78 is 19.2. The average molecular weight is 354 g/mol. The van der Waals surface area contributed by atoms with Crippen molar-refractivity contribution >= 4 is 5.97 Å². The monoisotopic (exact) mass is 354 g/mol. The van der Waals surface area contributed by atoms with Gasteiger partial charge in [-0.05, 0) is 30.3 Å². The van der Waals surface area contributed by atoms with E-state index in [0.29, 0.717) is 5.56 Å². The average Bonchev–Trinajstić information content (AvgIpc) is 2.93. The molecule has 0 aliphatic carbocycles. The van der Waals surface area contributed by atoms with Crippen molar-refractivity contribution in [2.75, 3.05) is 0 Å². The highest BCUT2D eigenvalue weighted by Gasteiger charge is 2.36. The maximum atomic E-state index is 13.1. The number of ether oxygens (including phenoxy) is 1. The van der Waals surface area contributed by atoms with Gasteiger partial charge in [-0.25, -0.2) is 18.5 Å². The summed E-state index contributed by atoms with van der Waals surface area (Å²) in [6.45, 7) is 0. The highest BCUT2D eigenvalue weighted by Crippen LogP contribution is 2.37. The number of nitrogens with zero attached hydrogens (tertiary/aromatic N) is 1. The van der Waals surface area contributed by atoms with Crippen LogP contribution in [0.2, 0.25) is 0 Å². The van der Waals surface area contributed by atoms with Crippen LogP contribution in [0.4, 0.5) is 4.39 Å². The van der Waals surface area contributed by atoms with Crippen LogP contribution >= 0.6 is 0 Å². The standard InChI is InChI=1S/C18H11FN2O5/c19-9-5-7-10(8-6-9)21-16(23)13(15(22)20-18(21)25)14-11-3-1-2-4-12(11)17(24)26-14/h1-8,14,23H,(H,20,22,25)/t14-/m0/s1. The first-order valence-electron chi connectivity index (χ1n) is 7.61. The van der Waals surface area contributed by atoms with Crippen LogP contribution in [0.5, 0.6) is 5.88 Å². The summed E-state index contributed by atoms with van der Waals surface area (Å²) in [5.41, 5.74) is -1.24. The summed E-state index contributed by atoms with van der Waals surface area (Å²) >= 11 is 0. The van der Waals surface area contributed by atoms with Crippen LogP contribution in [0.1, 0.15) is 27.6 Å². The topological polar surface area (TPSA) is 101 Å². The number of rotatable bonds is 2. The van der Waals surface area contributed by atoms with Crippen molar-refractivity contribution in [2.24, 2.45) is 0 Å². The second kappa shape index (κ2) is 5.69. The number of H-pyrrole nitrogens is 1. The Balaban J connectivity index is 1.96. The molecule has 0 saturated carbocycles. The van der Waals surface area contributed by atoms with Crippen LogP contribution in [-0.2, 0) is 4.74 Å². The van der Waals surface area contributed by atoms with Gasteiger partial charge in [0.25, 0.3) is 5.56 Å². The molecule has 2 N–H and O–H groups in total. The molecule has 1 aliphatic heterocycles. The molecule has 1 aromatic heterocycles. The van der Waals surface area contributed by atoms with Gasteiger partial charge in [-0.2, -0.15) is 0 Å². The summed E-state index contributed by atoms with van der Waals surface area (Å²) in [4.78, 5) is 38.6. The molecule has 0 fully saturated rings. The van der Waals surface area contributed by atoms with E-state index in [2.05, 4.69) is 4.98 Å². The number of carbonyl (C=O) groups is 1. The number of fused-ring (bicyclic) bond motifs is 1. The Morgan fingerprint density at radius 1 is 1.04 bits per heavy atom. The van der Waals surface area contributed by atoms with Crippen molar-refractivity contribution in [2.45, 2.75) is 6.10 Å². The molecule has 3 aromatic rings. The van der Waals surface area contributed by atoms with Crippen molar-refractivity contribution in [1.29, 1.82) is 0 Å². The number of esters is 1. The number of hydrogen-bond donors (Lipinski definition) is 2. The lowest BCUT2D eigenvalue weighted by Crippen LogP contribution is -2.32. The van der Waals surface area contributed by atoms with Gasteiger partial charge < -0.3 is 9.84 Å². The van der Waals surface area contributed by atoms with Crippen LogP contribution in [0.25, 0.3) is 5.69 Å². The zero-order valence-corrected chi connectivity index (χ0v) is 13.1. The molecular formula is C18H11FN2O5. The molecule has 0 saturated heterocycles. The van der Waals surface area contributed by atoms with E-state index in [1.807, 2.05) is 0 Å². The highest BCUT2D eigenvalue weighted by molar-refractivity contribution is 5.94. The molecule has 1 atom stereocenters. The van der Waals surface area contributed by atoms with E-state index >= 15 is 0 Å². The number of cyclic esters (lactones) is 1. The smallest absolute Gasteiger partial charge is 0.339 e. The minimum Gasteiger partial charge on any atom is -0.494 e. The summed E-state index contributed by atoms with van der Waals surface area (Å²) in [5.74, 6) is -1.84. The van der Waals surface area contributed by atoms with E-state index in [-0.39, 0.29) is 16.8 Å². The lowest BCUT2D eigenvalue weighted by Gasteiger charge is -2.15. The van der Waals surface area contributed by atoms with E-state index in [9.17, 15) is 23.9 Å². The molecule has 8 heteroatoms. The molecule has 0 unspecified atom stereocenters. The third-order valence-electron chi connectivity index (χ3n) is 4.16. The predicted molar refractivity (Wildman–Crippen MR) is 88.0 cm³/mol. The molecular weight excluding hydrogens is 343 g/mol. The molecule has 2 aromatic carbocycles. The van der Waals surface area contributed by atoms with Crippen molar-refractivity contribution < 1.29 is 19.0 Å². The van der Waals surface area contributed by atoms with Crippen LogP contribution in [0.3, 0.4) is 0 Å². The number of halogens is 1. The second-order valence-electron chi connectivity index (χ2n) is 5.68. The normalized spacial score (nSPS) is 15.6. The van der Waals surface area contributed by atoms with E-state index in [1.54, 1.807) is 24.3 Å². The fourth-order valence-electron chi connectivity index (χ4n) is 2.96. The van der Waals surface area contributed by atoms with Gasteiger partial charge in [0.05, 0.1) is 11.3 Å². The van der Waals surface area contributed by atoms with Gasteiger partial charge in [0.1, 0.15) is 11.4 Å². The lowest BCUT2D eigenvalue weighted by molar-refractivity contribution is 0.0449. The zero-order valence-electron chi connectivity index (χ0n) is 13.1. The van der Waals surface area contributed by atoms with Gasteiger partial charge >= 0.3 is 11.7 Å². The molecule has 0 spiro atoms. The summed E-state index contributed by atoms with van der Waals surface area (Å²) in [7, 11) is 0. The van der Waals surface area contributed by atoms with Crippen molar-refractivity contribution in [3.05, 3.63) is 91.9 Å². The Kier molecular flexibility index (Phi) is 3.47. The van der Waals surface area contributed by atoms with E-state index in [1.165, 1.54) is 12.1 Å². The third-order valence-corrected chi connectivity index (χ3v) is 4.16. The minimum absolute atomic E-state index is 0.143. The first kappa shape index (κ1) is 15.8. The number of hydrogen-bond acceptors (Lipinski definition) is 5. The van der Waals surface area contributed by atoms with Crippen molar-refractivity contribution in [3.8, 4) is 11.6 Å². The molecule has 130 valence electrons. The van der Waals surface area contributed by atoms with Gasteiger partial charge in [0.2, 0.25) is 5.88 Å². The number of benzene rings is 2. The lowest BCUT2D eigenvalue weighted by atomic mass is 10.0. The number of aromatic amines is 1. The molecule has 7 nitrogen and oxygen atoms in total. The molecule has 0 bridgehead atoms.